The van der Waals surface area contributed by atoms with Gasteiger partial charge in [-0.05, 0) is 12.8 Å². The summed E-state index contributed by atoms with van der Waals surface area (Å²) in [7, 11) is 0. The van der Waals surface area contributed by atoms with E-state index in [0.717, 1.165) is 12.8 Å². The summed E-state index contributed by atoms with van der Waals surface area (Å²) >= 11 is 0. The third kappa shape index (κ3) is 1.31. The summed E-state index contributed by atoms with van der Waals surface area (Å²) in [5.74, 6) is -0.238. The molecule has 2 aliphatic rings. The molecular weight excluding hydrogens is 168 g/mol. The third-order valence-corrected chi connectivity index (χ3v) is 2.71. The van der Waals surface area contributed by atoms with Gasteiger partial charge >= 0.3 is 0 Å². The lowest BCUT2D eigenvalue weighted by atomic mass is 10.1. The highest BCUT2D eigenvalue weighted by Gasteiger charge is 2.47. The second-order valence-electron chi connectivity index (χ2n) is 3.77. The maximum absolute atomic E-state index is 11.2. The summed E-state index contributed by atoms with van der Waals surface area (Å²) in [4.78, 5) is 23.6. The Kier molecular flexibility index (Phi) is 1.62. The van der Waals surface area contributed by atoms with Gasteiger partial charge < -0.3 is 0 Å². The maximum Gasteiger partial charge on any atom is 0.229 e. The summed E-state index contributed by atoms with van der Waals surface area (Å²) in [5.41, 5.74) is -0.393. The van der Waals surface area contributed by atoms with E-state index in [0.29, 0.717) is 19.4 Å². The van der Waals surface area contributed by atoms with Gasteiger partial charge in [0.15, 0.2) is 0 Å². The number of nitriles is 1. The lowest BCUT2D eigenvalue weighted by Gasteiger charge is -2.16. The lowest BCUT2D eigenvalue weighted by molar-refractivity contribution is -0.139. The number of imide groups is 1. The Morgan fingerprint density at radius 1 is 1.31 bits per heavy atom. The van der Waals surface area contributed by atoms with Crippen molar-refractivity contribution >= 4 is 11.8 Å². The first-order valence-electron chi connectivity index (χ1n) is 4.41. The van der Waals surface area contributed by atoms with Crippen molar-refractivity contribution in [3.63, 3.8) is 0 Å². The van der Waals surface area contributed by atoms with Crippen molar-refractivity contribution in [2.45, 2.75) is 25.7 Å². The number of carbonyl (C=O) groups excluding carboxylic acids is 2. The summed E-state index contributed by atoms with van der Waals surface area (Å²) in [5, 5.41) is 8.79. The fraction of sp³-hybridized carbons (Fsp3) is 0.667. The molecule has 1 heterocycles. The SMILES string of the molecule is N#CC1(CN2C(=O)CCC2=O)CC1. The van der Waals surface area contributed by atoms with Crippen LogP contribution in [-0.4, -0.2) is 23.3 Å². The number of carbonyl (C=O) groups is 2. The van der Waals surface area contributed by atoms with Gasteiger partial charge in [-0.15, -0.1) is 0 Å². The van der Waals surface area contributed by atoms with E-state index < -0.39 is 5.41 Å². The average Bonchev–Trinajstić information content (AvgIpc) is 2.84. The molecule has 0 aromatic heterocycles. The molecule has 1 aliphatic carbocycles. The first kappa shape index (κ1) is 8.24. The van der Waals surface area contributed by atoms with Crippen LogP contribution in [0.25, 0.3) is 0 Å². The Balaban J connectivity index is 2.06. The highest BCUT2D eigenvalue weighted by molar-refractivity contribution is 6.02. The van der Waals surface area contributed by atoms with Gasteiger partial charge in [-0.1, -0.05) is 0 Å². The largest absolute Gasteiger partial charge is 0.281 e. The molecule has 1 aliphatic heterocycles. The summed E-state index contributed by atoms with van der Waals surface area (Å²) < 4.78 is 0. The van der Waals surface area contributed by atoms with Crippen molar-refractivity contribution in [2.24, 2.45) is 5.41 Å². The van der Waals surface area contributed by atoms with Crippen LogP contribution in [-0.2, 0) is 9.59 Å². The molecule has 4 nitrogen and oxygen atoms in total. The second kappa shape index (κ2) is 2.56. The van der Waals surface area contributed by atoms with Crippen molar-refractivity contribution in [3.8, 4) is 6.07 Å². The van der Waals surface area contributed by atoms with E-state index in [4.69, 9.17) is 5.26 Å². The van der Waals surface area contributed by atoms with E-state index in [2.05, 4.69) is 6.07 Å². The maximum atomic E-state index is 11.2. The van der Waals surface area contributed by atoms with Crippen molar-refractivity contribution in [1.82, 2.24) is 4.90 Å². The van der Waals surface area contributed by atoms with Gasteiger partial charge in [-0.3, -0.25) is 14.5 Å². The molecule has 4 heteroatoms. The van der Waals surface area contributed by atoms with Crippen LogP contribution in [0, 0.1) is 16.7 Å². The first-order chi connectivity index (χ1) is 6.17. The molecule has 0 aromatic carbocycles. The van der Waals surface area contributed by atoms with Crippen LogP contribution < -0.4 is 0 Å². The number of likely N-dealkylation sites (tertiary alicyclic amines) is 1. The predicted molar refractivity (Wildman–Crippen MR) is 43.2 cm³/mol. The standard InChI is InChI=1S/C9H10N2O2/c10-5-9(3-4-9)6-11-7(12)1-2-8(11)13/h1-4,6H2. The van der Waals surface area contributed by atoms with E-state index in [1.165, 1.54) is 4.90 Å². The number of hydrogen-bond acceptors (Lipinski definition) is 3. The molecule has 68 valence electrons. The Morgan fingerprint density at radius 3 is 2.23 bits per heavy atom. The van der Waals surface area contributed by atoms with E-state index in [-0.39, 0.29) is 11.8 Å². The molecule has 2 rings (SSSR count). The second-order valence-corrected chi connectivity index (χ2v) is 3.77. The summed E-state index contributed by atoms with van der Waals surface area (Å²) in [6.07, 6.45) is 2.28. The Labute approximate surface area is 76.1 Å². The minimum Gasteiger partial charge on any atom is -0.281 e. The third-order valence-electron chi connectivity index (χ3n) is 2.71. The lowest BCUT2D eigenvalue weighted by Crippen LogP contribution is -2.34. The normalized spacial score (nSPS) is 24.7. The Bertz CT molecular complexity index is 296. The fourth-order valence-corrected chi connectivity index (χ4v) is 1.56. The minimum atomic E-state index is -0.393. The van der Waals surface area contributed by atoms with Crippen LogP contribution in [0.4, 0.5) is 0 Å². The molecule has 0 atom stereocenters. The van der Waals surface area contributed by atoms with Crippen LogP contribution >= 0.6 is 0 Å². The molecular formula is C9H10N2O2. The zero-order valence-electron chi connectivity index (χ0n) is 7.25. The van der Waals surface area contributed by atoms with Gasteiger partial charge in [-0.2, -0.15) is 5.26 Å². The van der Waals surface area contributed by atoms with E-state index in [9.17, 15) is 9.59 Å². The van der Waals surface area contributed by atoms with Crippen molar-refractivity contribution in [3.05, 3.63) is 0 Å². The first-order valence-corrected chi connectivity index (χ1v) is 4.41. The molecule has 2 amide bonds. The van der Waals surface area contributed by atoms with Crippen LogP contribution in [0.15, 0.2) is 0 Å². The molecule has 1 saturated heterocycles. The van der Waals surface area contributed by atoms with Gasteiger partial charge in [0, 0.05) is 19.4 Å². The van der Waals surface area contributed by atoms with Gasteiger partial charge in [0.05, 0.1) is 11.5 Å². The number of rotatable bonds is 2. The van der Waals surface area contributed by atoms with E-state index in [1.54, 1.807) is 0 Å². The van der Waals surface area contributed by atoms with E-state index >= 15 is 0 Å². The quantitative estimate of drug-likeness (QED) is 0.576. The zero-order valence-corrected chi connectivity index (χ0v) is 7.25. The van der Waals surface area contributed by atoms with Crippen LogP contribution in [0.5, 0.6) is 0 Å². The molecule has 0 N–H and O–H groups in total. The highest BCUT2D eigenvalue weighted by atomic mass is 16.2. The van der Waals surface area contributed by atoms with Gasteiger partial charge in [0.1, 0.15) is 0 Å². The number of hydrogen-bond donors (Lipinski definition) is 0. The van der Waals surface area contributed by atoms with Gasteiger partial charge in [0.25, 0.3) is 0 Å². The Hall–Kier alpha value is -1.37. The predicted octanol–water partition coefficient (Wildman–Crippen LogP) is 0.439. The number of amides is 2. The van der Waals surface area contributed by atoms with Crippen molar-refractivity contribution in [2.75, 3.05) is 6.54 Å². The summed E-state index contributed by atoms with van der Waals surface area (Å²) in [6, 6.07) is 2.17. The molecule has 0 aromatic rings. The minimum absolute atomic E-state index is 0.119. The van der Waals surface area contributed by atoms with Gasteiger partial charge in [-0.25, -0.2) is 0 Å². The smallest absolute Gasteiger partial charge is 0.229 e. The molecule has 0 spiro atoms. The Morgan fingerprint density at radius 2 is 1.85 bits per heavy atom. The van der Waals surface area contributed by atoms with Crippen LogP contribution in [0.1, 0.15) is 25.7 Å². The van der Waals surface area contributed by atoms with Crippen molar-refractivity contribution in [1.29, 1.82) is 5.26 Å². The van der Waals surface area contributed by atoms with Crippen LogP contribution in [0.3, 0.4) is 0 Å². The number of nitrogens with zero attached hydrogens (tertiary/aromatic N) is 2. The monoisotopic (exact) mass is 178 g/mol. The highest BCUT2D eigenvalue weighted by Crippen LogP contribution is 2.46. The molecule has 0 radical (unpaired) electrons. The molecule has 2 fully saturated rings. The molecule has 0 unspecified atom stereocenters. The van der Waals surface area contributed by atoms with Crippen molar-refractivity contribution < 1.29 is 9.59 Å². The topological polar surface area (TPSA) is 61.2 Å². The average molecular weight is 178 g/mol. The summed E-state index contributed by atoms with van der Waals surface area (Å²) in [6.45, 7) is 0.321. The molecule has 1 saturated carbocycles. The fourth-order valence-electron chi connectivity index (χ4n) is 1.56. The van der Waals surface area contributed by atoms with Crippen LogP contribution in [0.2, 0.25) is 0 Å². The van der Waals surface area contributed by atoms with E-state index in [1.807, 2.05) is 0 Å². The van der Waals surface area contributed by atoms with Gasteiger partial charge in [0.2, 0.25) is 11.8 Å². The molecule has 0 bridgehead atoms. The molecule has 13 heavy (non-hydrogen) atoms. The zero-order chi connectivity index (χ0) is 9.47.